The van der Waals surface area contributed by atoms with E-state index in [1.165, 1.54) is 11.3 Å². The molecule has 0 saturated carbocycles. The fourth-order valence-electron chi connectivity index (χ4n) is 1.97. The Kier molecular flexibility index (Phi) is 4.46. The van der Waals surface area contributed by atoms with Crippen molar-refractivity contribution in [1.29, 1.82) is 0 Å². The van der Waals surface area contributed by atoms with Crippen LogP contribution in [-0.2, 0) is 12.0 Å². The summed E-state index contributed by atoms with van der Waals surface area (Å²) in [4.78, 5) is 17.0. The summed E-state index contributed by atoms with van der Waals surface area (Å²) in [5, 5.41) is 10.2. The van der Waals surface area contributed by atoms with Crippen molar-refractivity contribution < 1.29 is 0 Å². The summed E-state index contributed by atoms with van der Waals surface area (Å²) in [6.45, 7) is 8.96. The number of hydrogen-bond acceptors (Lipinski definition) is 5. The van der Waals surface area contributed by atoms with Crippen LogP contribution in [0.3, 0.4) is 0 Å². The molecule has 5 nitrogen and oxygen atoms in total. The van der Waals surface area contributed by atoms with Crippen LogP contribution in [0, 0.1) is 0 Å². The van der Waals surface area contributed by atoms with Crippen molar-refractivity contribution in [3.8, 4) is 11.3 Å². The summed E-state index contributed by atoms with van der Waals surface area (Å²) < 4.78 is 1.56. The Morgan fingerprint density at radius 3 is 2.62 bits per heavy atom. The highest BCUT2D eigenvalue weighted by molar-refractivity contribution is 7.14. The van der Waals surface area contributed by atoms with Crippen LogP contribution in [0.5, 0.6) is 0 Å². The molecule has 0 aliphatic rings. The largest absolute Gasteiger partial charge is 0.365 e. The quantitative estimate of drug-likeness (QED) is 0.943. The van der Waals surface area contributed by atoms with Gasteiger partial charge in [0.15, 0.2) is 5.13 Å². The number of anilines is 1. The molecule has 0 fully saturated rings. The number of rotatable bonds is 4. The van der Waals surface area contributed by atoms with Gasteiger partial charge in [-0.2, -0.15) is 5.10 Å². The first-order valence-corrected chi connectivity index (χ1v) is 8.01. The topological polar surface area (TPSA) is 59.8 Å². The first kappa shape index (κ1) is 15.7. The molecule has 0 atom stereocenters. The van der Waals surface area contributed by atoms with E-state index in [1.807, 2.05) is 25.4 Å². The molecular weight excluding hydrogens is 284 g/mol. The molecule has 0 saturated heterocycles. The first-order chi connectivity index (χ1) is 9.86. The van der Waals surface area contributed by atoms with E-state index in [4.69, 9.17) is 0 Å². The average Bonchev–Trinajstić information content (AvgIpc) is 2.88. The molecule has 2 aromatic heterocycles. The van der Waals surface area contributed by atoms with Crippen LogP contribution in [0.2, 0.25) is 0 Å². The molecule has 0 bridgehead atoms. The molecule has 0 amide bonds. The molecule has 2 rings (SSSR count). The summed E-state index contributed by atoms with van der Waals surface area (Å²) in [5.74, 6) is 0. The summed E-state index contributed by atoms with van der Waals surface area (Å²) in [5.41, 5.74) is 2.07. The monoisotopic (exact) mass is 306 g/mol. The van der Waals surface area contributed by atoms with E-state index in [0.29, 0.717) is 17.8 Å². The third-order valence-electron chi connectivity index (χ3n) is 3.17. The highest BCUT2D eigenvalue weighted by atomic mass is 32.1. The second-order valence-corrected chi connectivity index (χ2v) is 6.87. The molecule has 0 unspecified atom stereocenters. The number of nitrogens with zero attached hydrogens (tertiary/aromatic N) is 3. The number of hydrogen-bond donors (Lipinski definition) is 1. The SMILES string of the molecule is CCCn1nc(C(C)(C)C)cc(-c2csc(NC)n2)c1=O. The molecule has 21 heavy (non-hydrogen) atoms. The van der Waals surface area contributed by atoms with Crippen molar-refractivity contribution >= 4 is 16.5 Å². The predicted molar refractivity (Wildman–Crippen MR) is 88.1 cm³/mol. The van der Waals surface area contributed by atoms with Gasteiger partial charge in [-0.3, -0.25) is 4.79 Å². The minimum Gasteiger partial charge on any atom is -0.365 e. The van der Waals surface area contributed by atoms with E-state index in [9.17, 15) is 4.79 Å². The smallest absolute Gasteiger partial charge is 0.276 e. The van der Waals surface area contributed by atoms with E-state index in [0.717, 1.165) is 17.2 Å². The average molecular weight is 306 g/mol. The van der Waals surface area contributed by atoms with Crippen molar-refractivity contribution in [2.75, 3.05) is 12.4 Å². The highest BCUT2D eigenvalue weighted by Gasteiger charge is 2.20. The minimum absolute atomic E-state index is 0.0715. The van der Waals surface area contributed by atoms with Crippen molar-refractivity contribution in [1.82, 2.24) is 14.8 Å². The van der Waals surface area contributed by atoms with Crippen LogP contribution in [-0.4, -0.2) is 21.8 Å². The lowest BCUT2D eigenvalue weighted by Gasteiger charge is -2.19. The lowest BCUT2D eigenvalue weighted by molar-refractivity contribution is 0.497. The van der Waals surface area contributed by atoms with Crippen LogP contribution >= 0.6 is 11.3 Å². The van der Waals surface area contributed by atoms with E-state index in [2.05, 4.69) is 36.2 Å². The fraction of sp³-hybridized carbons (Fsp3) is 0.533. The maximum atomic E-state index is 12.6. The molecule has 0 aliphatic carbocycles. The summed E-state index contributed by atoms with van der Waals surface area (Å²) in [6, 6.07) is 1.88. The van der Waals surface area contributed by atoms with Gasteiger partial charge in [0, 0.05) is 24.4 Å². The molecule has 114 valence electrons. The van der Waals surface area contributed by atoms with Crippen LogP contribution in [0.15, 0.2) is 16.2 Å². The van der Waals surface area contributed by atoms with E-state index in [-0.39, 0.29) is 11.0 Å². The summed E-state index contributed by atoms with van der Waals surface area (Å²) in [7, 11) is 1.82. The Labute approximate surface area is 129 Å². The standard InChI is InChI=1S/C15H22N4OS/c1-6-7-19-13(20)10(8-12(18-19)15(2,3)4)11-9-21-14(16-5)17-11/h8-9H,6-7H2,1-5H3,(H,16,17). The molecule has 2 aromatic rings. The molecular formula is C15H22N4OS. The van der Waals surface area contributed by atoms with Crippen LogP contribution in [0.25, 0.3) is 11.3 Å². The van der Waals surface area contributed by atoms with Gasteiger partial charge in [-0.1, -0.05) is 27.7 Å². The van der Waals surface area contributed by atoms with Crippen LogP contribution < -0.4 is 10.9 Å². The van der Waals surface area contributed by atoms with Crippen molar-refractivity contribution in [3.05, 3.63) is 27.5 Å². The Morgan fingerprint density at radius 2 is 2.10 bits per heavy atom. The third-order valence-corrected chi connectivity index (χ3v) is 4.03. The Balaban J connectivity index is 2.63. The minimum atomic E-state index is -0.111. The molecule has 0 radical (unpaired) electrons. The van der Waals surface area contributed by atoms with Crippen LogP contribution in [0.1, 0.15) is 39.8 Å². The van der Waals surface area contributed by atoms with E-state index >= 15 is 0 Å². The lowest BCUT2D eigenvalue weighted by atomic mass is 9.91. The number of aryl methyl sites for hydroxylation is 1. The summed E-state index contributed by atoms with van der Waals surface area (Å²) in [6.07, 6.45) is 0.874. The Bertz CT molecular complexity index is 682. The zero-order chi connectivity index (χ0) is 15.6. The second kappa shape index (κ2) is 5.97. The van der Waals surface area contributed by atoms with Gasteiger partial charge in [0.1, 0.15) is 0 Å². The molecule has 0 spiro atoms. The van der Waals surface area contributed by atoms with Gasteiger partial charge in [-0.25, -0.2) is 9.67 Å². The number of nitrogens with one attached hydrogen (secondary N) is 1. The molecule has 6 heteroatoms. The first-order valence-electron chi connectivity index (χ1n) is 7.13. The number of aromatic nitrogens is 3. The Morgan fingerprint density at radius 1 is 1.38 bits per heavy atom. The van der Waals surface area contributed by atoms with E-state index in [1.54, 1.807) is 4.68 Å². The zero-order valence-electron chi connectivity index (χ0n) is 13.2. The number of thiazole rings is 1. The Hall–Kier alpha value is -1.69. The maximum absolute atomic E-state index is 12.6. The molecule has 2 heterocycles. The van der Waals surface area contributed by atoms with E-state index < -0.39 is 0 Å². The zero-order valence-corrected chi connectivity index (χ0v) is 14.0. The normalized spacial score (nSPS) is 11.7. The maximum Gasteiger partial charge on any atom is 0.276 e. The summed E-state index contributed by atoms with van der Waals surface area (Å²) >= 11 is 1.49. The van der Waals surface area contributed by atoms with Crippen molar-refractivity contribution in [3.63, 3.8) is 0 Å². The van der Waals surface area contributed by atoms with Crippen molar-refractivity contribution in [2.45, 2.75) is 46.1 Å². The van der Waals surface area contributed by atoms with Crippen molar-refractivity contribution in [2.24, 2.45) is 0 Å². The molecule has 1 N–H and O–H groups in total. The van der Waals surface area contributed by atoms with Gasteiger partial charge in [0.2, 0.25) is 0 Å². The lowest BCUT2D eigenvalue weighted by Crippen LogP contribution is -2.29. The van der Waals surface area contributed by atoms with Gasteiger partial charge in [0.05, 0.1) is 17.0 Å². The van der Waals surface area contributed by atoms with Gasteiger partial charge in [-0.05, 0) is 12.5 Å². The predicted octanol–water partition coefficient (Wildman–Crippen LogP) is 3.12. The van der Waals surface area contributed by atoms with Gasteiger partial charge in [0.25, 0.3) is 5.56 Å². The molecule has 0 aromatic carbocycles. The van der Waals surface area contributed by atoms with Gasteiger partial charge >= 0.3 is 0 Å². The van der Waals surface area contributed by atoms with Gasteiger partial charge in [-0.15, -0.1) is 11.3 Å². The molecule has 0 aliphatic heterocycles. The van der Waals surface area contributed by atoms with Gasteiger partial charge < -0.3 is 5.32 Å². The van der Waals surface area contributed by atoms with Crippen LogP contribution in [0.4, 0.5) is 5.13 Å². The third kappa shape index (κ3) is 3.32. The highest BCUT2D eigenvalue weighted by Crippen LogP contribution is 2.26. The second-order valence-electron chi connectivity index (χ2n) is 6.01. The fourth-order valence-corrected chi connectivity index (χ4v) is 2.64.